The molecule has 1 N–H and O–H groups in total. The summed E-state index contributed by atoms with van der Waals surface area (Å²) in [6.45, 7) is 10.3. The van der Waals surface area contributed by atoms with Gasteiger partial charge in [0.2, 0.25) is 0 Å². The van der Waals surface area contributed by atoms with E-state index in [0.717, 1.165) is 67.1 Å². The van der Waals surface area contributed by atoms with E-state index in [0.29, 0.717) is 12.0 Å². The zero-order valence-electron chi connectivity index (χ0n) is 20.9. The van der Waals surface area contributed by atoms with Crippen LogP contribution in [0.1, 0.15) is 56.6 Å². The van der Waals surface area contributed by atoms with E-state index in [9.17, 15) is 4.79 Å². The van der Waals surface area contributed by atoms with Crippen LogP contribution in [0.4, 0.5) is 0 Å². The van der Waals surface area contributed by atoms with E-state index in [1.807, 2.05) is 26.2 Å². The van der Waals surface area contributed by atoms with E-state index in [2.05, 4.69) is 41.9 Å². The number of rotatable bonds is 5. The summed E-state index contributed by atoms with van der Waals surface area (Å²) in [6, 6.07) is 9.05. The molecule has 0 bridgehead atoms. The fraction of sp³-hybridized carbons (Fsp3) is 0.536. The van der Waals surface area contributed by atoms with Crippen molar-refractivity contribution in [2.45, 2.75) is 64.5 Å². The van der Waals surface area contributed by atoms with Gasteiger partial charge in [0.25, 0.3) is 5.56 Å². The molecule has 0 aliphatic carbocycles. The first-order valence-electron chi connectivity index (χ1n) is 12.7. The van der Waals surface area contributed by atoms with Gasteiger partial charge >= 0.3 is 0 Å². The molecule has 34 heavy (non-hydrogen) atoms. The number of benzene rings is 1. The number of aromatic amines is 1. The van der Waals surface area contributed by atoms with E-state index < -0.39 is 0 Å². The van der Waals surface area contributed by atoms with Crippen LogP contribution in [0.2, 0.25) is 0 Å². The number of hydrogen-bond acceptors (Lipinski definition) is 4. The maximum atomic E-state index is 12.2. The quantitative estimate of drug-likeness (QED) is 0.579. The Morgan fingerprint density at radius 2 is 1.94 bits per heavy atom. The lowest BCUT2D eigenvalue weighted by Crippen LogP contribution is -2.48. The Hall–Kier alpha value is -2.57. The Balaban J connectivity index is 1.43. The van der Waals surface area contributed by atoms with Crippen LogP contribution in [0, 0.1) is 6.92 Å². The number of likely N-dealkylation sites (tertiary alicyclic amines) is 1. The minimum Gasteiger partial charge on any atom is -0.489 e. The number of piperidine rings is 1. The second-order valence-electron chi connectivity index (χ2n) is 10.3. The summed E-state index contributed by atoms with van der Waals surface area (Å²) in [4.78, 5) is 18.5. The van der Waals surface area contributed by atoms with Crippen LogP contribution >= 0.6 is 0 Å². The fourth-order valence-electron chi connectivity index (χ4n) is 5.74. The molecule has 0 amide bonds. The van der Waals surface area contributed by atoms with Crippen molar-refractivity contribution in [3.05, 3.63) is 51.9 Å². The van der Waals surface area contributed by atoms with E-state index in [-0.39, 0.29) is 11.7 Å². The highest BCUT2D eigenvalue weighted by Gasteiger charge is 2.28. The van der Waals surface area contributed by atoms with Gasteiger partial charge in [-0.1, -0.05) is 13.8 Å². The van der Waals surface area contributed by atoms with Crippen LogP contribution in [0.25, 0.3) is 22.2 Å². The first kappa shape index (κ1) is 23.2. The van der Waals surface area contributed by atoms with Crippen LogP contribution in [0.3, 0.4) is 0 Å². The minimum absolute atomic E-state index is 0.0453. The molecule has 0 radical (unpaired) electrons. The normalized spacial score (nSPS) is 20.3. The monoisotopic (exact) mass is 463 g/mol. The lowest BCUT2D eigenvalue weighted by molar-refractivity contribution is 0.00219. The number of pyridine rings is 1. The summed E-state index contributed by atoms with van der Waals surface area (Å²) in [5.74, 6) is 1.27. The number of nitrogens with one attached hydrogen (secondary N) is 1. The molecule has 0 saturated carbocycles. The van der Waals surface area contributed by atoms with E-state index >= 15 is 0 Å². The molecule has 5 rings (SSSR count). The van der Waals surface area contributed by atoms with Crippen molar-refractivity contribution in [3.8, 4) is 17.0 Å². The van der Waals surface area contributed by atoms with Crippen molar-refractivity contribution in [1.82, 2.24) is 14.5 Å². The Labute approximate surface area is 201 Å². The first-order chi connectivity index (χ1) is 16.4. The standard InChI is InChI=1S/C28H37N3O3/c1-18(2)26-24-15-22(34-23-6-5-11-31(17-23)21-9-12-33-13-10-21)7-8-25(24)29-27(26)20-14-19(3)28(32)30(4)16-20/h7-8,14-16,18,21,23,29H,5-6,9-13,17H2,1-4H3. The van der Waals surface area contributed by atoms with Gasteiger partial charge in [0.1, 0.15) is 11.9 Å². The van der Waals surface area contributed by atoms with Crippen LogP contribution in [-0.4, -0.2) is 52.9 Å². The molecule has 182 valence electrons. The Bertz CT molecular complexity index is 1190. The predicted molar refractivity (Wildman–Crippen MR) is 137 cm³/mol. The van der Waals surface area contributed by atoms with E-state index in [4.69, 9.17) is 9.47 Å². The summed E-state index contributed by atoms with van der Waals surface area (Å²) in [5.41, 5.74) is 5.30. The molecule has 2 aliphatic heterocycles. The topological polar surface area (TPSA) is 59.5 Å². The summed E-state index contributed by atoms with van der Waals surface area (Å²) < 4.78 is 13.8. The van der Waals surface area contributed by atoms with Gasteiger partial charge in [-0.25, -0.2) is 0 Å². The average molecular weight is 464 g/mol. The third kappa shape index (κ3) is 4.53. The van der Waals surface area contributed by atoms with Crippen LogP contribution in [0.5, 0.6) is 5.75 Å². The number of nitrogens with zero attached hydrogens (tertiary/aromatic N) is 2. The van der Waals surface area contributed by atoms with Crippen molar-refractivity contribution in [3.63, 3.8) is 0 Å². The number of fused-ring (bicyclic) bond motifs is 1. The third-order valence-electron chi connectivity index (χ3n) is 7.46. The summed E-state index contributed by atoms with van der Waals surface area (Å²) >= 11 is 0. The van der Waals surface area contributed by atoms with Crippen molar-refractivity contribution < 1.29 is 9.47 Å². The van der Waals surface area contributed by atoms with Gasteiger partial charge in [-0.2, -0.15) is 0 Å². The summed E-state index contributed by atoms with van der Waals surface area (Å²) in [6.07, 6.45) is 6.70. The van der Waals surface area contributed by atoms with Crippen LogP contribution < -0.4 is 10.3 Å². The van der Waals surface area contributed by atoms with Gasteiger partial charge in [0, 0.05) is 61.1 Å². The zero-order chi connectivity index (χ0) is 23.8. The van der Waals surface area contributed by atoms with Gasteiger partial charge in [-0.05, 0) is 74.9 Å². The summed E-state index contributed by atoms with van der Waals surface area (Å²) in [7, 11) is 1.82. The molecule has 1 unspecified atom stereocenters. The smallest absolute Gasteiger partial charge is 0.253 e. The lowest BCUT2D eigenvalue weighted by atomic mass is 9.96. The molecule has 0 spiro atoms. The maximum absolute atomic E-state index is 12.2. The highest BCUT2D eigenvalue weighted by molar-refractivity contribution is 5.92. The second-order valence-corrected chi connectivity index (χ2v) is 10.3. The van der Waals surface area contributed by atoms with Gasteiger partial charge in [0.15, 0.2) is 0 Å². The van der Waals surface area contributed by atoms with Gasteiger partial charge in [-0.3, -0.25) is 9.69 Å². The molecule has 6 nitrogen and oxygen atoms in total. The second kappa shape index (κ2) is 9.59. The minimum atomic E-state index is 0.0453. The first-order valence-corrected chi connectivity index (χ1v) is 12.7. The predicted octanol–water partition coefficient (Wildman–Crippen LogP) is 4.99. The van der Waals surface area contributed by atoms with Gasteiger partial charge in [0.05, 0.1) is 5.69 Å². The van der Waals surface area contributed by atoms with Gasteiger partial charge < -0.3 is 19.0 Å². The molecule has 2 aliphatic rings. The van der Waals surface area contributed by atoms with Crippen molar-refractivity contribution in [2.24, 2.45) is 7.05 Å². The van der Waals surface area contributed by atoms with Crippen molar-refractivity contribution >= 4 is 10.9 Å². The number of aromatic nitrogens is 2. The Kier molecular flexibility index (Phi) is 6.54. The molecule has 2 saturated heterocycles. The van der Waals surface area contributed by atoms with Crippen LogP contribution in [0.15, 0.2) is 35.3 Å². The molecule has 2 aromatic heterocycles. The molecule has 4 heterocycles. The Morgan fingerprint density at radius 1 is 1.15 bits per heavy atom. The number of H-pyrrole nitrogens is 1. The zero-order valence-corrected chi connectivity index (χ0v) is 20.9. The summed E-state index contributed by atoms with van der Waals surface area (Å²) in [5, 5.41) is 1.20. The van der Waals surface area contributed by atoms with Crippen LogP contribution in [-0.2, 0) is 11.8 Å². The Morgan fingerprint density at radius 3 is 2.68 bits per heavy atom. The van der Waals surface area contributed by atoms with E-state index in [1.165, 1.54) is 23.9 Å². The van der Waals surface area contributed by atoms with Crippen molar-refractivity contribution in [2.75, 3.05) is 26.3 Å². The van der Waals surface area contributed by atoms with E-state index in [1.54, 1.807) is 4.57 Å². The fourth-order valence-corrected chi connectivity index (χ4v) is 5.74. The number of hydrogen-bond donors (Lipinski definition) is 1. The van der Waals surface area contributed by atoms with Gasteiger partial charge in [-0.15, -0.1) is 0 Å². The number of ether oxygens (including phenoxy) is 2. The molecule has 2 fully saturated rings. The largest absolute Gasteiger partial charge is 0.489 e. The third-order valence-corrected chi connectivity index (χ3v) is 7.46. The molecular formula is C28H37N3O3. The highest BCUT2D eigenvalue weighted by atomic mass is 16.5. The molecule has 1 aromatic carbocycles. The lowest BCUT2D eigenvalue weighted by Gasteiger charge is -2.39. The number of aryl methyl sites for hydroxylation is 2. The molecule has 1 atom stereocenters. The SMILES string of the molecule is Cc1cc(-c2[nH]c3ccc(OC4CCCN(C5CCOCC5)C4)cc3c2C(C)C)cn(C)c1=O. The maximum Gasteiger partial charge on any atom is 0.253 e. The van der Waals surface area contributed by atoms with Crippen molar-refractivity contribution in [1.29, 1.82) is 0 Å². The highest BCUT2D eigenvalue weighted by Crippen LogP contribution is 2.37. The molecular weight excluding hydrogens is 426 g/mol. The molecule has 6 heteroatoms. The molecule has 3 aromatic rings. The average Bonchev–Trinajstić information content (AvgIpc) is 3.22.